The van der Waals surface area contributed by atoms with Crippen LogP contribution in [0.4, 0.5) is 4.79 Å². The summed E-state index contributed by atoms with van der Waals surface area (Å²) in [5.74, 6) is -0.374. The first-order chi connectivity index (χ1) is 15.4. The maximum atomic E-state index is 13.5. The maximum Gasteiger partial charge on any atom is 0.328 e. The number of likely N-dealkylation sites (N-methyl/N-ethyl adjacent to an activating group) is 2. The fourth-order valence-corrected chi connectivity index (χ4v) is 4.34. The first kappa shape index (κ1) is 20.0. The molecule has 5 rings (SSSR count). The van der Waals surface area contributed by atoms with Crippen molar-refractivity contribution in [3.05, 3.63) is 92.6 Å². The van der Waals surface area contributed by atoms with E-state index in [1.165, 1.54) is 11.9 Å². The van der Waals surface area contributed by atoms with Gasteiger partial charge in [0.1, 0.15) is 5.35 Å². The van der Waals surface area contributed by atoms with Gasteiger partial charge in [-0.05, 0) is 24.1 Å². The molecule has 2 unspecified atom stereocenters. The second-order valence-electron chi connectivity index (χ2n) is 8.27. The van der Waals surface area contributed by atoms with Crippen LogP contribution in [-0.4, -0.2) is 51.1 Å². The Bertz CT molecular complexity index is 1400. The summed E-state index contributed by atoms with van der Waals surface area (Å²) in [6.45, 7) is 2.32. The zero-order chi connectivity index (χ0) is 22.6. The SMILES string of the molecule is Cc1ccc(/C=c2\c(=O)n(Cc3ccccc3)c3n2C2C(=O)N(C)C(=O)N(C)C2N=3)cc1. The third-order valence-corrected chi connectivity index (χ3v) is 6.12. The van der Waals surface area contributed by atoms with E-state index >= 15 is 0 Å². The number of hydrogen-bond donors (Lipinski definition) is 0. The molecule has 0 spiro atoms. The second-order valence-corrected chi connectivity index (χ2v) is 8.27. The molecule has 3 amide bonds. The number of rotatable bonds is 3. The second kappa shape index (κ2) is 7.33. The van der Waals surface area contributed by atoms with Crippen molar-refractivity contribution in [3.63, 3.8) is 0 Å². The molecule has 1 saturated heterocycles. The lowest BCUT2D eigenvalue weighted by atomic mass is 10.1. The summed E-state index contributed by atoms with van der Waals surface area (Å²) in [5.41, 5.74) is 3.09. The van der Waals surface area contributed by atoms with E-state index in [0.717, 1.165) is 21.6 Å². The van der Waals surface area contributed by atoms with Crippen molar-refractivity contribution in [3.8, 4) is 0 Å². The molecule has 3 aromatic rings. The van der Waals surface area contributed by atoms with E-state index in [0.29, 0.717) is 17.5 Å². The van der Waals surface area contributed by atoms with Gasteiger partial charge in [-0.2, -0.15) is 0 Å². The number of amides is 3. The van der Waals surface area contributed by atoms with Crippen molar-refractivity contribution in [1.82, 2.24) is 18.9 Å². The van der Waals surface area contributed by atoms with Gasteiger partial charge in [-0.1, -0.05) is 60.2 Å². The topological polar surface area (TPSA) is 79.9 Å². The highest BCUT2D eigenvalue weighted by atomic mass is 16.2. The molecule has 0 bridgehead atoms. The van der Waals surface area contributed by atoms with E-state index in [1.54, 1.807) is 22.3 Å². The van der Waals surface area contributed by atoms with E-state index in [1.807, 2.05) is 61.5 Å². The van der Waals surface area contributed by atoms with Gasteiger partial charge >= 0.3 is 6.03 Å². The predicted molar refractivity (Wildman–Crippen MR) is 119 cm³/mol. The molecule has 8 nitrogen and oxygen atoms in total. The van der Waals surface area contributed by atoms with Crippen LogP contribution in [0.1, 0.15) is 22.7 Å². The minimum Gasteiger partial charge on any atom is -0.302 e. The highest BCUT2D eigenvalue weighted by Gasteiger charge is 2.48. The summed E-state index contributed by atoms with van der Waals surface area (Å²) < 4.78 is 3.27. The average molecular weight is 429 g/mol. The molecule has 0 aliphatic carbocycles. The summed E-state index contributed by atoms with van der Waals surface area (Å²) in [7, 11) is 3.08. The number of aromatic nitrogens is 2. The lowest BCUT2D eigenvalue weighted by Gasteiger charge is -2.37. The van der Waals surface area contributed by atoms with E-state index in [9.17, 15) is 14.4 Å². The Balaban J connectivity index is 1.76. The Morgan fingerprint density at radius 2 is 1.66 bits per heavy atom. The van der Waals surface area contributed by atoms with Gasteiger partial charge in [0.05, 0.1) is 6.54 Å². The Morgan fingerprint density at radius 1 is 0.969 bits per heavy atom. The Kier molecular flexibility index (Phi) is 4.58. The minimum atomic E-state index is -0.779. The molecular weight excluding hydrogens is 406 g/mol. The molecule has 0 N–H and O–H groups in total. The van der Waals surface area contributed by atoms with Crippen molar-refractivity contribution in [2.75, 3.05) is 14.1 Å². The number of imide groups is 1. The molecule has 2 aliphatic rings. The number of imidazole rings is 1. The van der Waals surface area contributed by atoms with Gasteiger partial charge in [-0.25, -0.2) is 9.79 Å². The number of carbonyl (C=O) groups excluding carboxylic acids is 2. The molecule has 2 aromatic carbocycles. The number of urea groups is 1. The van der Waals surface area contributed by atoms with Crippen LogP contribution >= 0.6 is 0 Å². The average Bonchev–Trinajstić information content (AvgIpc) is 3.30. The third-order valence-electron chi connectivity index (χ3n) is 6.12. The van der Waals surface area contributed by atoms with E-state index in [-0.39, 0.29) is 11.5 Å². The van der Waals surface area contributed by atoms with E-state index < -0.39 is 18.2 Å². The van der Waals surface area contributed by atoms with Crippen LogP contribution in [0.3, 0.4) is 0 Å². The normalized spacial score (nSPS) is 20.4. The zero-order valence-electron chi connectivity index (χ0n) is 18.1. The number of nitrogens with zero attached hydrogens (tertiary/aromatic N) is 5. The van der Waals surface area contributed by atoms with Gasteiger partial charge in [0.15, 0.2) is 12.2 Å². The lowest BCUT2D eigenvalue weighted by molar-refractivity contribution is -0.135. The third kappa shape index (κ3) is 2.98. The van der Waals surface area contributed by atoms with Crippen LogP contribution in [0.5, 0.6) is 0 Å². The Hall–Kier alpha value is -3.94. The van der Waals surface area contributed by atoms with Crippen molar-refractivity contribution >= 4 is 18.0 Å². The number of aryl methyl sites for hydroxylation is 1. The first-order valence-corrected chi connectivity index (χ1v) is 10.4. The van der Waals surface area contributed by atoms with Gasteiger partial charge < -0.3 is 4.90 Å². The number of fused-ring (bicyclic) bond motifs is 3. The number of hydrogen-bond acceptors (Lipinski definition) is 4. The smallest absolute Gasteiger partial charge is 0.302 e. The van der Waals surface area contributed by atoms with Gasteiger partial charge in [-0.3, -0.25) is 23.6 Å². The molecule has 0 saturated carbocycles. The molecule has 2 aliphatic heterocycles. The Labute approximate surface area is 184 Å². The fraction of sp³-hybridized carbons (Fsp3) is 0.250. The van der Waals surface area contributed by atoms with E-state index in [2.05, 4.69) is 4.99 Å². The Morgan fingerprint density at radius 3 is 2.34 bits per heavy atom. The van der Waals surface area contributed by atoms with Crippen LogP contribution < -0.4 is 16.5 Å². The minimum absolute atomic E-state index is 0.221. The fourth-order valence-electron chi connectivity index (χ4n) is 4.34. The molecule has 32 heavy (non-hydrogen) atoms. The predicted octanol–water partition coefficient (Wildman–Crippen LogP) is 0.860. The van der Waals surface area contributed by atoms with Crippen molar-refractivity contribution in [1.29, 1.82) is 0 Å². The standard InChI is InChI=1S/C24H23N5O3/c1-15-9-11-16(12-10-15)13-18-21(30)28(14-17-7-5-4-6-8-17)23-25-20-19(29(18)23)22(31)27(3)24(32)26(20)2/h4-13,19-20H,14H2,1-3H3/b18-13+. The summed E-state index contributed by atoms with van der Waals surface area (Å²) >= 11 is 0. The van der Waals surface area contributed by atoms with Gasteiger partial charge in [0.2, 0.25) is 5.62 Å². The van der Waals surface area contributed by atoms with E-state index in [4.69, 9.17) is 0 Å². The number of carbonyl (C=O) groups is 2. The largest absolute Gasteiger partial charge is 0.328 e. The van der Waals surface area contributed by atoms with Gasteiger partial charge in [0, 0.05) is 14.1 Å². The molecule has 1 aromatic heterocycles. The van der Waals surface area contributed by atoms with Crippen molar-refractivity contribution < 1.29 is 9.59 Å². The van der Waals surface area contributed by atoms with Gasteiger partial charge in [0.25, 0.3) is 11.5 Å². The monoisotopic (exact) mass is 429 g/mol. The highest BCUT2D eigenvalue weighted by molar-refractivity contribution is 5.99. The van der Waals surface area contributed by atoms with Crippen molar-refractivity contribution in [2.24, 2.45) is 4.99 Å². The maximum absolute atomic E-state index is 13.5. The summed E-state index contributed by atoms with van der Waals surface area (Å²) in [6, 6.07) is 16.3. The van der Waals surface area contributed by atoms with Crippen LogP contribution in [0.15, 0.2) is 64.4 Å². The molecular formula is C24H23N5O3. The molecule has 8 heteroatoms. The lowest BCUT2D eigenvalue weighted by Crippen LogP contribution is -2.59. The highest BCUT2D eigenvalue weighted by Crippen LogP contribution is 2.26. The summed E-state index contributed by atoms with van der Waals surface area (Å²) in [5, 5.41) is 0.375. The van der Waals surface area contributed by atoms with Crippen LogP contribution in [-0.2, 0) is 11.3 Å². The van der Waals surface area contributed by atoms with Crippen LogP contribution in [0.25, 0.3) is 6.08 Å². The quantitative estimate of drug-likeness (QED) is 0.620. The molecule has 0 radical (unpaired) electrons. The molecule has 2 atom stereocenters. The van der Waals surface area contributed by atoms with Crippen molar-refractivity contribution in [2.45, 2.75) is 25.7 Å². The summed E-state index contributed by atoms with van der Waals surface area (Å²) in [4.78, 5) is 46.4. The zero-order valence-corrected chi connectivity index (χ0v) is 18.1. The molecule has 1 fully saturated rings. The van der Waals surface area contributed by atoms with Crippen LogP contribution in [0.2, 0.25) is 0 Å². The van der Waals surface area contributed by atoms with Gasteiger partial charge in [-0.15, -0.1) is 0 Å². The molecule has 162 valence electrons. The van der Waals surface area contributed by atoms with Crippen LogP contribution in [0, 0.1) is 6.92 Å². The number of benzene rings is 2. The summed E-state index contributed by atoms with van der Waals surface area (Å²) in [6.07, 6.45) is 1.10. The molecule has 3 heterocycles. The first-order valence-electron chi connectivity index (χ1n) is 10.4.